The van der Waals surface area contributed by atoms with Crippen LogP contribution in [-0.2, 0) is 20.3 Å². The van der Waals surface area contributed by atoms with Crippen molar-refractivity contribution < 1.29 is 17.6 Å². The van der Waals surface area contributed by atoms with E-state index in [0.717, 1.165) is 23.0 Å². The Morgan fingerprint density at radius 1 is 1.00 bits per heavy atom. The van der Waals surface area contributed by atoms with Crippen LogP contribution in [0.5, 0.6) is 0 Å². The van der Waals surface area contributed by atoms with Crippen molar-refractivity contribution in [2.24, 2.45) is 14.1 Å². The quantitative estimate of drug-likeness (QED) is 0.264. The zero-order valence-corrected chi connectivity index (χ0v) is 17.0. The van der Waals surface area contributed by atoms with Crippen LogP contribution < -0.4 is 0 Å². The number of aromatic nitrogens is 6. The van der Waals surface area contributed by atoms with E-state index in [1.54, 1.807) is 17.7 Å². The molecule has 0 aliphatic rings. The monoisotopic (exact) mass is 436 g/mol. The second-order valence-electron chi connectivity index (χ2n) is 6.50. The Balaban J connectivity index is 1.91. The minimum Gasteiger partial charge on any atom is -0.324 e. The molecule has 0 bridgehead atoms. The zero-order chi connectivity index (χ0) is 21.6. The van der Waals surface area contributed by atoms with Crippen molar-refractivity contribution in [2.45, 2.75) is 18.1 Å². The summed E-state index contributed by atoms with van der Waals surface area (Å²) in [6.45, 7) is 1.98. The molecule has 156 valence electrons. The Hall–Kier alpha value is -2.95. The second kappa shape index (κ2) is 7.38. The first-order valence-electron chi connectivity index (χ1n) is 8.92. The maximum absolute atomic E-state index is 13.2. The predicted octanol–water partition coefficient (Wildman–Crippen LogP) is 4.70. The molecule has 4 aromatic rings. The van der Waals surface area contributed by atoms with Gasteiger partial charge in [-0.05, 0) is 24.0 Å². The minimum absolute atomic E-state index is 0.179. The fourth-order valence-corrected chi connectivity index (χ4v) is 3.98. The molecule has 30 heavy (non-hydrogen) atoms. The van der Waals surface area contributed by atoms with Crippen LogP contribution in [0.3, 0.4) is 0 Å². The third-order valence-corrected chi connectivity index (χ3v) is 5.61. The molecule has 0 amide bonds. The van der Waals surface area contributed by atoms with Gasteiger partial charge in [-0.25, -0.2) is 19.9 Å². The van der Waals surface area contributed by atoms with E-state index in [9.17, 15) is 17.6 Å². The minimum atomic E-state index is -4.55. The van der Waals surface area contributed by atoms with Gasteiger partial charge in [0.2, 0.25) is 5.95 Å². The molecule has 0 unspecified atom stereocenters. The van der Waals surface area contributed by atoms with E-state index in [1.807, 2.05) is 18.5 Å². The van der Waals surface area contributed by atoms with Crippen molar-refractivity contribution in [1.82, 2.24) is 29.1 Å². The third kappa shape index (κ3) is 3.42. The topological polar surface area (TPSA) is 61.4 Å². The number of thioether (sulfide) groups is 1. The van der Waals surface area contributed by atoms with Gasteiger partial charge in [0.25, 0.3) is 0 Å². The summed E-state index contributed by atoms with van der Waals surface area (Å²) in [5.74, 6) is 1.12. The summed E-state index contributed by atoms with van der Waals surface area (Å²) in [6, 6.07) is 3.75. The van der Waals surface area contributed by atoms with E-state index in [0.29, 0.717) is 28.4 Å². The van der Waals surface area contributed by atoms with E-state index in [2.05, 4.69) is 19.9 Å². The predicted molar refractivity (Wildman–Crippen MR) is 105 cm³/mol. The Labute approximate surface area is 173 Å². The van der Waals surface area contributed by atoms with Crippen molar-refractivity contribution in [2.75, 3.05) is 5.75 Å². The average Bonchev–Trinajstić information content (AvgIpc) is 3.19. The zero-order valence-electron chi connectivity index (χ0n) is 16.2. The first kappa shape index (κ1) is 20.3. The van der Waals surface area contributed by atoms with E-state index in [1.165, 1.54) is 24.0 Å². The highest BCUT2D eigenvalue weighted by Crippen LogP contribution is 2.36. The highest BCUT2D eigenvalue weighted by atomic mass is 32.2. The van der Waals surface area contributed by atoms with Gasteiger partial charge in [0.1, 0.15) is 22.2 Å². The summed E-state index contributed by atoms with van der Waals surface area (Å²) in [4.78, 5) is 16.3. The van der Waals surface area contributed by atoms with Crippen LogP contribution in [0, 0.1) is 5.95 Å². The highest BCUT2D eigenvalue weighted by Gasteiger charge is 2.33. The lowest BCUT2D eigenvalue weighted by Crippen LogP contribution is -2.07. The number of imidazole rings is 2. The lowest BCUT2D eigenvalue weighted by Gasteiger charge is -2.06. The molecule has 0 aliphatic carbocycles. The number of fused-ring (bicyclic) bond motifs is 1. The van der Waals surface area contributed by atoms with E-state index in [4.69, 9.17) is 0 Å². The van der Waals surface area contributed by atoms with Gasteiger partial charge in [-0.2, -0.15) is 17.6 Å². The molecule has 4 heterocycles. The van der Waals surface area contributed by atoms with Gasteiger partial charge in [-0.3, -0.25) is 0 Å². The van der Waals surface area contributed by atoms with Gasteiger partial charge in [0.15, 0.2) is 5.82 Å². The van der Waals surface area contributed by atoms with Crippen molar-refractivity contribution >= 4 is 22.8 Å². The van der Waals surface area contributed by atoms with Crippen LogP contribution in [0.15, 0.2) is 35.6 Å². The number of alkyl halides is 3. The standard InChI is InChI=1S/C19H16F4N6S/c1-4-30-18-15(27-16(29(18)3)10-5-6-14(20)25-8-10)17-26-11-7-13(19(21,22)23)24-9-12(11)28(17)2/h5-9H,4H2,1-3H3. The Morgan fingerprint density at radius 3 is 2.40 bits per heavy atom. The molecule has 0 saturated carbocycles. The Bertz CT molecular complexity index is 1230. The number of hydrogen-bond acceptors (Lipinski definition) is 5. The van der Waals surface area contributed by atoms with Crippen LogP contribution in [0.2, 0.25) is 0 Å². The lowest BCUT2D eigenvalue weighted by atomic mass is 10.3. The third-order valence-electron chi connectivity index (χ3n) is 4.58. The van der Waals surface area contributed by atoms with E-state index in [-0.39, 0.29) is 5.52 Å². The average molecular weight is 436 g/mol. The number of aryl methyl sites for hydroxylation is 1. The maximum atomic E-state index is 13.2. The molecule has 0 N–H and O–H groups in total. The molecule has 0 saturated heterocycles. The number of hydrogen-bond donors (Lipinski definition) is 0. The summed E-state index contributed by atoms with van der Waals surface area (Å²) < 4.78 is 55.8. The molecular formula is C19H16F4N6S. The molecule has 6 nitrogen and oxygen atoms in total. The fourth-order valence-electron chi connectivity index (χ4n) is 3.15. The van der Waals surface area contributed by atoms with Crippen LogP contribution >= 0.6 is 11.8 Å². The molecule has 0 aliphatic heterocycles. The Kier molecular flexibility index (Phi) is 5.00. The first-order valence-corrected chi connectivity index (χ1v) is 9.90. The molecule has 0 atom stereocenters. The second-order valence-corrected chi connectivity index (χ2v) is 7.75. The first-order chi connectivity index (χ1) is 14.2. The van der Waals surface area contributed by atoms with Crippen LogP contribution in [0.4, 0.5) is 17.6 Å². The van der Waals surface area contributed by atoms with Crippen molar-refractivity contribution in [3.8, 4) is 22.9 Å². The molecule has 4 rings (SSSR count). The van der Waals surface area contributed by atoms with Gasteiger partial charge in [0, 0.05) is 25.9 Å². The number of pyridine rings is 2. The lowest BCUT2D eigenvalue weighted by molar-refractivity contribution is -0.141. The smallest absolute Gasteiger partial charge is 0.324 e. The van der Waals surface area contributed by atoms with Crippen molar-refractivity contribution in [3.05, 3.63) is 42.2 Å². The molecule has 0 fully saturated rings. The van der Waals surface area contributed by atoms with Gasteiger partial charge in [-0.1, -0.05) is 6.92 Å². The van der Waals surface area contributed by atoms with E-state index >= 15 is 0 Å². The normalized spacial score (nSPS) is 12.1. The summed E-state index contributed by atoms with van der Waals surface area (Å²) >= 11 is 1.53. The Morgan fingerprint density at radius 2 is 1.77 bits per heavy atom. The molecule has 11 heteroatoms. The largest absolute Gasteiger partial charge is 0.433 e. The molecule has 4 aromatic heterocycles. The van der Waals surface area contributed by atoms with Gasteiger partial charge < -0.3 is 9.13 Å². The van der Waals surface area contributed by atoms with Gasteiger partial charge in [0.05, 0.1) is 17.2 Å². The number of rotatable bonds is 4. The summed E-state index contributed by atoms with van der Waals surface area (Å²) in [6.07, 6.45) is -2.01. The van der Waals surface area contributed by atoms with Gasteiger partial charge in [-0.15, -0.1) is 11.8 Å². The molecular weight excluding hydrogens is 420 g/mol. The van der Waals surface area contributed by atoms with Crippen LogP contribution in [0.1, 0.15) is 12.6 Å². The molecule has 0 spiro atoms. The highest BCUT2D eigenvalue weighted by molar-refractivity contribution is 7.99. The van der Waals surface area contributed by atoms with Gasteiger partial charge >= 0.3 is 6.18 Å². The summed E-state index contributed by atoms with van der Waals surface area (Å²) in [7, 11) is 3.52. The number of halogens is 4. The van der Waals surface area contributed by atoms with Crippen molar-refractivity contribution in [3.63, 3.8) is 0 Å². The van der Waals surface area contributed by atoms with Crippen molar-refractivity contribution in [1.29, 1.82) is 0 Å². The molecule has 0 radical (unpaired) electrons. The number of nitrogens with zero attached hydrogens (tertiary/aromatic N) is 6. The summed E-state index contributed by atoms with van der Waals surface area (Å²) in [5, 5.41) is 0.791. The van der Waals surface area contributed by atoms with Crippen LogP contribution in [-0.4, -0.2) is 34.8 Å². The summed E-state index contributed by atoms with van der Waals surface area (Å²) in [5.41, 5.74) is 0.778. The molecule has 0 aromatic carbocycles. The van der Waals surface area contributed by atoms with E-state index < -0.39 is 17.8 Å². The SMILES string of the molecule is CCSc1c(-c2nc3cc(C(F)(F)F)ncc3n2C)nc(-c2ccc(F)nc2)n1C. The maximum Gasteiger partial charge on any atom is 0.433 e. The fraction of sp³-hybridized carbons (Fsp3) is 0.263. The van der Waals surface area contributed by atoms with Crippen LogP contribution in [0.25, 0.3) is 33.9 Å².